The Morgan fingerprint density at radius 1 is 1.33 bits per heavy atom. The second-order valence-electron chi connectivity index (χ2n) is 5.09. The highest BCUT2D eigenvalue weighted by molar-refractivity contribution is 5.79. The fourth-order valence-corrected chi connectivity index (χ4v) is 2.45. The Morgan fingerprint density at radius 3 is 2.50 bits per heavy atom. The number of nitrogens with one attached hydrogen (secondary N) is 1. The maximum absolute atomic E-state index is 12.7. The number of aliphatic imine (C=N–C) groups is 1. The molecule has 106 valence electrons. The highest BCUT2D eigenvalue weighted by atomic mass is 19.4. The number of alkyl halides is 3. The average Bonchev–Trinajstić information content (AvgIpc) is 2.28. The first-order valence-electron chi connectivity index (χ1n) is 6.29. The van der Waals surface area contributed by atoms with Crippen molar-refractivity contribution in [3.63, 3.8) is 0 Å². The third-order valence-electron chi connectivity index (χ3n) is 3.43. The van der Waals surface area contributed by atoms with Crippen LogP contribution < -0.4 is 5.32 Å². The van der Waals surface area contributed by atoms with Crippen molar-refractivity contribution in [1.29, 1.82) is 0 Å². The maximum Gasteiger partial charge on any atom is 0.391 e. The first kappa shape index (κ1) is 15.1. The summed E-state index contributed by atoms with van der Waals surface area (Å²) in [5, 5.41) is 3.12. The van der Waals surface area contributed by atoms with Crippen LogP contribution >= 0.6 is 0 Å². The van der Waals surface area contributed by atoms with E-state index in [-0.39, 0.29) is 18.8 Å². The fourth-order valence-electron chi connectivity index (χ4n) is 2.45. The summed E-state index contributed by atoms with van der Waals surface area (Å²) in [7, 11) is 5.38. The zero-order valence-corrected chi connectivity index (χ0v) is 11.2. The van der Waals surface area contributed by atoms with E-state index in [9.17, 15) is 13.2 Å². The Morgan fingerprint density at radius 2 is 2.00 bits per heavy atom. The molecule has 0 heterocycles. The van der Waals surface area contributed by atoms with E-state index in [2.05, 4.69) is 10.3 Å². The smallest absolute Gasteiger partial charge is 0.356 e. The molecule has 1 saturated carbocycles. The zero-order chi connectivity index (χ0) is 13.8. The van der Waals surface area contributed by atoms with Crippen molar-refractivity contribution in [3.05, 3.63) is 0 Å². The molecule has 3 nitrogen and oxygen atoms in total. The van der Waals surface area contributed by atoms with Gasteiger partial charge in [0.05, 0.1) is 5.92 Å². The summed E-state index contributed by atoms with van der Waals surface area (Å²) in [5.41, 5.74) is 0. The third-order valence-corrected chi connectivity index (χ3v) is 3.43. The Kier molecular flexibility index (Phi) is 5.28. The number of halogens is 3. The monoisotopic (exact) mass is 265 g/mol. The Balaban J connectivity index is 2.44. The first-order valence-corrected chi connectivity index (χ1v) is 6.29. The molecule has 0 amide bonds. The van der Waals surface area contributed by atoms with E-state index in [0.717, 1.165) is 6.42 Å². The van der Waals surface area contributed by atoms with Crippen molar-refractivity contribution in [2.75, 3.05) is 27.7 Å². The highest BCUT2D eigenvalue weighted by Gasteiger charge is 2.41. The van der Waals surface area contributed by atoms with Gasteiger partial charge in [-0.2, -0.15) is 13.2 Å². The number of hydrogen-bond donors (Lipinski definition) is 1. The van der Waals surface area contributed by atoms with Crippen LogP contribution in [0, 0.1) is 11.8 Å². The lowest BCUT2D eigenvalue weighted by atomic mass is 9.81. The van der Waals surface area contributed by atoms with Gasteiger partial charge < -0.3 is 10.2 Å². The number of nitrogens with zero attached hydrogens (tertiary/aromatic N) is 2. The molecule has 18 heavy (non-hydrogen) atoms. The summed E-state index contributed by atoms with van der Waals surface area (Å²) in [6, 6.07) is 0. The minimum Gasteiger partial charge on any atom is -0.356 e. The molecule has 1 rings (SSSR count). The van der Waals surface area contributed by atoms with Gasteiger partial charge in [-0.3, -0.25) is 4.99 Å². The highest BCUT2D eigenvalue weighted by Crippen LogP contribution is 2.39. The van der Waals surface area contributed by atoms with Gasteiger partial charge in [0.15, 0.2) is 5.96 Å². The van der Waals surface area contributed by atoms with Crippen molar-refractivity contribution in [2.45, 2.75) is 31.9 Å². The predicted octanol–water partition coefficient (Wildman–Crippen LogP) is 2.49. The predicted molar refractivity (Wildman–Crippen MR) is 66.6 cm³/mol. The molecule has 1 fully saturated rings. The zero-order valence-electron chi connectivity index (χ0n) is 11.2. The normalized spacial score (nSPS) is 26.0. The van der Waals surface area contributed by atoms with Gasteiger partial charge >= 0.3 is 6.18 Å². The Labute approximate surface area is 106 Å². The average molecular weight is 265 g/mol. The fraction of sp³-hybridized carbons (Fsp3) is 0.917. The molecular formula is C12H22F3N3. The van der Waals surface area contributed by atoms with Gasteiger partial charge in [-0.25, -0.2) is 0 Å². The number of hydrogen-bond acceptors (Lipinski definition) is 1. The van der Waals surface area contributed by atoms with Crippen molar-refractivity contribution in [2.24, 2.45) is 16.8 Å². The molecule has 0 aromatic carbocycles. The quantitative estimate of drug-likeness (QED) is 0.613. The van der Waals surface area contributed by atoms with Crippen LogP contribution in [0.2, 0.25) is 0 Å². The summed E-state index contributed by atoms with van der Waals surface area (Å²) in [6.45, 7) is 0.567. The summed E-state index contributed by atoms with van der Waals surface area (Å²) in [4.78, 5) is 5.87. The second-order valence-corrected chi connectivity index (χ2v) is 5.09. The van der Waals surface area contributed by atoms with E-state index >= 15 is 0 Å². The lowest BCUT2D eigenvalue weighted by Crippen LogP contribution is -2.40. The van der Waals surface area contributed by atoms with Crippen LogP contribution in [0.1, 0.15) is 25.7 Å². The van der Waals surface area contributed by atoms with Crippen LogP contribution in [0.4, 0.5) is 13.2 Å². The second kappa shape index (κ2) is 6.29. The Hall–Kier alpha value is -0.940. The standard InChI is InChI=1S/C12H22F3N3/c1-16-11(18(2)3)17-8-9-5-4-6-10(7-9)12(13,14)15/h9-10H,4-8H2,1-3H3,(H,16,17). The number of rotatable bonds is 2. The van der Waals surface area contributed by atoms with Gasteiger partial charge in [0.1, 0.15) is 0 Å². The third kappa shape index (κ3) is 4.38. The molecule has 0 aromatic heterocycles. The molecule has 0 aliphatic heterocycles. The van der Waals surface area contributed by atoms with Crippen LogP contribution in [0.3, 0.4) is 0 Å². The van der Waals surface area contributed by atoms with Crippen molar-refractivity contribution in [1.82, 2.24) is 10.2 Å². The minimum absolute atomic E-state index is 0.0853. The molecule has 0 spiro atoms. The molecule has 2 unspecified atom stereocenters. The summed E-state index contributed by atoms with van der Waals surface area (Å²) in [6.07, 6.45) is -1.99. The number of guanidine groups is 1. The van der Waals surface area contributed by atoms with Crippen LogP contribution in [0.5, 0.6) is 0 Å². The van der Waals surface area contributed by atoms with Crippen molar-refractivity contribution < 1.29 is 13.2 Å². The van der Waals surface area contributed by atoms with Crippen LogP contribution in [-0.4, -0.2) is 44.7 Å². The van der Waals surface area contributed by atoms with Gasteiger partial charge in [-0.15, -0.1) is 0 Å². The maximum atomic E-state index is 12.7. The molecule has 0 aromatic rings. The molecular weight excluding hydrogens is 243 g/mol. The van der Waals surface area contributed by atoms with E-state index in [1.807, 2.05) is 19.0 Å². The molecule has 2 atom stereocenters. The lowest BCUT2D eigenvalue weighted by molar-refractivity contribution is -0.185. The molecule has 0 saturated heterocycles. The van der Waals surface area contributed by atoms with Gasteiger partial charge in [0, 0.05) is 27.7 Å². The van der Waals surface area contributed by atoms with Gasteiger partial charge in [0.2, 0.25) is 0 Å². The SMILES string of the molecule is CN=C(NCC1CCCC(C(F)(F)F)C1)N(C)C. The van der Waals surface area contributed by atoms with Gasteiger partial charge in [-0.05, 0) is 25.2 Å². The molecule has 1 aliphatic rings. The first-order chi connectivity index (χ1) is 8.34. The summed E-state index contributed by atoms with van der Waals surface area (Å²) < 4.78 is 38.0. The van der Waals surface area contributed by atoms with E-state index in [4.69, 9.17) is 0 Å². The largest absolute Gasteiger partial charge is 0.391 e. The van der Waals surface area contributed by atoms with E-state index in [0.29, 0.717) is 18.9 Å². The molecule has 0 radical (unpaired) electrons. The van der Waals surface area contributed by atoms with Gasteiger partial charge in [-0.1, -0.05) is 6.42 Å². The van der Waals surface area contributed by atoms with Crippen molar-refractivity contribution in [3.8, 4) is 0 Å². The van der Waals surface area contributed by atoms with Crippen LogP contribution in [0.15, 0.2) is 4.99 Å². The molecule has 1 aliphatic carbocycles. The van der Waals surface area contributed by atoms with Crippen molar-refractivity contribution >= 4 is 5.96 Å². The summed E-state index contributed by atoms with van der Waals surface area (Å²) >= 11 is 0. The van der Waals surface area contributed by atoms with E-state index < -0.39 is 12.1 Å². The van der Waals surface area contributed by atoms with Crippen LogP contribution in [0.25, 0.3) is 0 Å². The van der Waals surface area contributed by atoms with Crippen LogP contribution in [-0.2, 0) is 0 Å². The Bertz CT molecular complexity index is 287. The van der Waals surface area contributed by atoms with E-state index in [1.165, 1.54) is 0 Å². The molecule has 1 N–H and O–H groups in total. The summed E-state index contributed by atoms with van der Waals surface area (Å²) in [5.74, 6) is -0.328. The lowest BCUT2D eigenvalue weighted by Gasteiger charge is -2.31. The van der Waals surface area contributed by atoms with Gasteiger partial charge in [0.25, 0.3) is 0 Å². The minimum atomic E-state index is -4.04. The molecule has 0 bridgehead atoms. The topological polar surface area (TPSA) is 27.6 Å². The molecule has 6 heteroatoms. The van der Waals surface area contributed by atoms with E-state index in [1.54, 1.807) is 7.05 Å².